The van der Waals surface area contributed by atoms with Crippen molar-refractivity contribution in [1.82, 2.24) is 9.80 Å². The minimum Gasteiger partial charge on any atom is -0.450 e. The summed E-state index contributed by atoms with van der Waals surface area (Å²) < 4.78 is 5.00. The number of rotatable bonds is 5. The van der Waals surface area contributed by atoms with Gasteiger partial charge < -0.3 is 9.64 Å². The Kier molecular flexibility index (Phi) is 6.89. The number of carbonyl (C=O) groups excluding carboxylic acids is 1. The van der Waals surface area contributed by atoms with Gasteiger partial charge in [-0.25, -0.2) is 4.79 Å². The number of hydrogen-bond donors (Lipinski definition) is 0. The van der Waals surface area contributed by atoms with Crippen molar-refractivity contribution in [2.45, 2.75) is 20.3 Å². The number of nitrogens with zero attached hydrogens (tertiary/aromatic N) is 2. The number of halogens is 1. The van der Waals surface area contributed by atoms with Gasteiger partial charge in [-0.1, -0.05) is 29.3 Å². The van der Waals surface area contributed by atoms with Crippen molar-refractivity contribution < 1.29 is 9.53 Å². The Morgan fingerprint density at radius 3 is 2.41 bits per heavy atom. The highest BCUT2D eigenvalue weighted by Crippen LogP contribution is 2.11. The van der Waals surface area contributed by atoms with Gasteiger partial charge in [-0.3, -0.25) is 4.90 Å². The van der Waals surface area contributed by atoms with E-state index in [1.165, 1.54) is 6.42 Å². The molecule has 1 atom stereocenters. The van der Waals surface area contributed by atoms with Crippen LogP contribution in [0.15, 0.2) is 0 Å². The van der Waals surface area contributed by atoms with Crippen LogP contribution in [0.1, 0.15) is 20.3 Å². The van der Waals surface area contributed by atoms with Crippen molar-refractivity contribution in [1.29, 1.82) is 0 Å². The topological polar surface area (TPSA) is 32.8 Å². The average Bonchev–Trinajstić information content (AvgIpc) is 2.37. The molecule has 4 nitrogen and oxygen atoms in total. The zero-order valence-corrected chi connectivity index (χ0v) is 12.4. The summed E-state index contributed by atoms with van der Waals surface area (Å²) in [6, 6.07) is 0. The molecule has 17 heavy (non-hydrogen) atoms. The van der Waals surface area contributed by atoms with E-state index in [0.717, 1.165) is 38.1 Å². The van der Waals surface area contributed by atoms with Crippen LogP contribution in [0, 0.1) is 5.92 Å². The van der Waals surface area contributed by atoms with E-state index in [9.17, 15) is 4.79 Å². The Morgan fingerprint density at radius 2 is 1.94 bits per heavy atom. The number of piperazine rings is 1. The number of carbonyl (C=O) groups is 1. The Labute approximate surface area is 112 Å². The third-order valence-corrected chi connectivity index (χ3v) is 4.13. The SMILES string of the molecule is CCOC(=O)N1CCN(CC(CC)CBr)CC1. The van der Waals surface area contributed by atoms with Crippen LogP contribution >= 0.6 is 15.9 Å². The molecule has 0 spiro atoms. The predicted molar refractivity (Wildman–Crippen MR) is 72.6 cm³/mol. The van der Waals surface area contributed by atoms with Gasteiger partial charge in [0.25, 0.3) is 0 Å². The molecule has 0 bridgehead atoms. The van der Waals surface area contributed by atoms with Crippen LogP contribution < -0.4 is 0 Å². The molecule has 1 rings (SSSR count). The Bertz CT molecular complexity index is 227. The van der Waals surface area contributed by atoms with Gasteiger partial charge in [-0.05, 0) is 12.8 Å². The second-order valence-electron chi connectivity index (χ2n) is 4.42. The molecule has 1 fully saturated rings. The quantitative estimate of drug-likeness (QED) is 0.730. The molecule has 100 valence electrons. The summed E-state index contributed by atoms with van der Waals surface area (Å²) in [6.45, 7) is 9.15. The molecule has 0 aliphatic carbocycles. The second-order valence-corrected chi connectivity index (χ2v) is 5.06. The fraction of sp³-hybridized carbons (Fsp3) is 0.917. The highest BCUT2D eigenvalue weighted by atomic mass is 79.9. The lowest BCUT2D eigenvalue weighted by molar-refractivity contribution is 0.0760. The molecule has 5 heteroatoms. The standard InChI is InChI=1S/C12H23BrN2O2/c1-3-11(9-13)10-14-5-7-15(8-6-14)12(16)17-4-2/h11H,3-10H2,1-2H3. The van der Waals surface area contributed by atoms with Gasteiger partial charge in [0.05, 0.1) is 6.61 Å². The van der Waals surface area contributed by atoms with Crippen LogP contribution in [0.4, 0.5) is 4.79 Å². The number of amides is 1. The molecule has 0 aromatic rings. The number of hydrogen-bond acceptors (Lipinski definition) is 3. The van der Waals surface area contributed by atoms with E-state index in [1.54, 1.807) is 4.90 Å². The first-order valence-electron chi connectivity index (χ1n) is 6.41. The van der Waals surface area contributed by atoms with E-state index in [2.05, 4.69) is 27.8 Å². The van der Waals surface area contributed by atoms with Gasteiger partial charge in [-0.2, -0.15) is 0 Å². The van der Waals surface area contributed by atoms with Crippen LogP contribution in [-0.2, 0) is 4.74 Å². The van der Waals surface area contributed by atoms with Gasteiger partial charge in [0.1, 0.15) is 0 Å². The maximum Gasteiger partial charge on any atom is 0.409 e. The van der Waals surface area contributed by atoms with Crippen molar-refractivity contribution in [3.05, 3.63) is 0 Å². The summed E-state index contributed by atoms with van der Waals surface area (Å²) in [5.41, 5.74) is 0. The first kappa shape index (κ1) is 14.8. The van der Waals surface area contributed by atoms with E-state index in [4.69, 9.17) is 4.74 Å². The molecule has 0 aromatic heterocycles. The van der Waals surface area contributed by atoms with Crippen LogP contribution in [0.2, 0.25) is 0 Å². The predicted octanol–water partition coefficient (Wildman–Crippen LogP) is 2.18. The first-order chi connectivity index (χ1) is 8.21. The molecule has 1 unspecified atom stereocenters. The van der Waals surface area contributed by atoms with Crippen LogP contribution in [0.5, 0.6) is 0 Å². The summed E-state index contributed by atoms with van der Waals surface area (Å²) in [6.07, 6.45) is 1.03. The Balaban J connectivity index is 2.28. The summed E-state index contributed by atoms with van der Waals surface area (Å²) in [4.78, 5) is 15.8. The fourth-order valence-corrected chi connectivity index (χ4v) is 2.64. The lowest BCUT2D eigenvalue weighted by Gasteiger charge is -2.35. The number of ether oxygens (including phenoxy) is 1. The van der Waals surface area contributed by atoms with Crippen LogP contribution in [0.3, 0.4) is 0 Å². The van der Waals surface area contributed by atoms with E-state index in [-0.39, 0.29) is 6.09 Å². The minimum atomic E-state index is -0.167. The number of alkyl halides is 1. The molecule has 1 aliphatic heterocycles. The molecule has 1 saturated heterocycles. The first-order valence-corrected chi connectivity index (χ1v) is 7.53. The van der Waals surface area contributed by atoms with Crippen molar-refractivity contribution in [3.63, 3.8) is 0 Å². The van der Waals surface area contributed by atoms with Gasteiger partial charge >= 0.3 is 6.09 Å². The molecule has 1 amide bonds. The second kappa shape index (κ2) is 7.93. The summed E-state index contributed by atoms with van der Waals surface area (Å²) in [5, 5.41) is 1.06. The van der Waals surface area contributed by atoms with Crippen LogP contribution in [0.25, 0.3) is 0 Å². The zero-order chi connectivity index (χ0) is 12.7. The minimum absolute atomic E-state index is 0.167. The highest BCUT2D eigenvalue weighted by Gasteiger charge is 2.22. The van der Waals surface area contributed by atoms with Crippen LogP contribution in [-0.4, -0.2) is 60.6 Å². The average molecular weight is 307 g/mol. The maximum atomic E-state index is 11.5. The Morgan fingerprint density at radius 1 is 1.29 bits per heavy atom. The van der Waals surface area contributed by atoms with Gasteiger partial charge in [0, 0.05) is 38.1 Å². The fourth-order valence-electron chi connectivity index (χ4n) is 1.98. The van der Waals surface area contributed by atoms with E-state index in [1.807, 2.05) is 6.92 Å². The largest absolute Gasteiger partial charge is 0.450 e. The van der Waals surface area contributed by atoms with E-state index < -0.39 is 0 Å². The van der Waals surface area contributed by atoms with E-state index in [0.29, 0.717) is 12.5 Å². The van der Waals surface area contributed by atoms with Crippen molar-refractivity contribution >= 4 is 22.0 Å². The van der Waals surface area contributed by atoms with Crippen molar-refractivity contribution in [3.8, 4) is 0 Å². The molecule has 0 aromatic carbocycles. The molecular formula is C12H23BrN2O2. The lowest BCUT2D eigenvalue weighted by atomic mass is 10.1. The van der Waals surface area contributed by atoms with Crippen molar-refractivity contribution in [2.24, 2.45) is 5.92 Å². The summed E-state index contributed by atoms with van der Waals surface area (Å²) in [5.74, 6) is 0.712. The third-order valence-electron chi connectivity index (χ3n) is 3.21. The molecular weight excluding hydrogens is 284 g/mol. The van der Waals surface area contributed by atoms with Gasteiger partial charge in [0.15, 0.2) is 0 Å². The normalized spacial score (nSPS) is 19.1. The van der Waals surface area contributed by atoms with Gasteiger partial charge in [-0.15, -0.1) is 0 Å². The Hall–Kier alpha value is -0.290. The smallest absolute Gasteiger partial charge is 0.409 e. The molecule has 1 heterocycles. The molecule has 0 radical (unpaired) electrons. The van der Waals surface area contributed by atoms with E-state index >= 15 is 0 Å². The maximum absolute atomic E-state index is 11.5. The molecule has 0 N–H and O–H groups in total. The third kappa shape index (κ3) is 4.84. The van der Waals surface area contributed by atoms with Gasteiger partial charge in [0.2, 0.25) is 0 Å². The lowest BCUT2D eigenvalue weighted by Crippen LogP contribution is -2.50. The monoisotopic (exact) mass is 306 g/mol. The molecule has 1 aliphatic rings. The highest BCUT2D eigenvalue weighted by molar-refractivity contribution is 9.09. The zero-order valence-electron chi connectivity index (χ0n) is 10.8. The van der Waals surface area contributed by atoms with Crippen molar-refractivity contribution in [2.75, 3.05) is 44.7 Å². The molecule has 0 saturated carbocycles. The summed E-state index contributed by atoms with van der Waals surface area (Å²) in [7, 11) is 0. The summed E-state index contributed by atoms with van der Waals surface area (Å²) >= 11 is 3.55.